The highest BCUT2D eigenvalue weighted by Crippen LogP contribution is 2.33. The molecule has 0 aromatic heterocycles. The number of carbonyl (C=O) groups excluding carboxylic acids is 3. The first-order chi connectivity index (χ1) is 16.0. The quantitative estimate of drug-likeness (QED) is 0.523. The average molecular weight is 456 g/mol. The van der Waals surface area contributed by atoms with Crippen molar-refractivity contribution in [2.75, 3.05) is 19.7 Å². The topological polar surface area (TPSA) is 88.2 Å². The van der Waals surface area contributed by atoms with Crippen LogP contribution in [0.1, 0.15) is 67.8 Å². The number of nitrogens with one attached hydrogen (secondary N) is 1. The van der Waals surface area contributed by atoms with E-state index in [0.717, 1.165) is 50.3 Å². The van der Waals surface area contributed by atoms with E-state index >= 15 is 0 Å². The van der Waals surface area contributed by atoms with Gasteiger partial charge >= 0.3 is 0 Å². The molecule has 1 N–H and O–H groups in total. The Morgan fingerprint density at radius 2 is 1.88 bits per heavy atom. The second kappa shape index (κ2) is 9.43. The van der Waals surface area contributed by atoms with Crippen molar-refractivity contribution in [2.24, 2.45) is 0 Å². The minimum atomic E-state index is -0.595. The molecule has 178 valence electrons. The van der Waals surface area contributed by atoms with Crippen molar-refractivity contribution < 1.29 is 23.9 Å². The smallest absolute Gasteiger partial charge is 0.255 e. The zero-order valence-electron chi connectivity index (χ0n) is 19.3. The third-order valence-corrected chi connectivity index (χ3v) is 7.45. The van der Waals surface area contributed by atoms with Crippen molar-refractivity contribution in [3.63, 3.8) is 0 Å². The molecule has 1 aliphatic carbocycles. The summed E-state index contributed by atoms with van der Waals surface area (Å²) in [5, 5.41) is 2.35. The monoisotopic (exact) mass is 455 g/mol. The van der Waals surface area contributed by atoms with Gasteiger partial charge in [0.15, 0.2) is 0 Å². The zero-order valence-corrected chi connectivity index (χ0v) is 19.3. The molecule has 1 unspecified atom stereocenters. The fourth-order valence-corrected chi connectivity index (χ4v) is 5.69. The van der Waals surface area contributed by atoms with Crippen molar-refractivity contribution in [1.29, 1.82) is 0 Å². The molecule has 33 heavy (non-hydrogen) atoms. The first-order valence-corrected chi connectivity index (χ1v) is 12.3. The Hall–Kier alpha value is -2.45. The molecule has 3 amide bonds. The van der Waals surface area contributed by atoms with Crippen LogP contribution in [0.25, 0.3) is 0 Å². The van der Waals surface area contributed by atoms with Gasteiger partial charge in [-0.3, -0.25) is 24.6 Å². The lowest BCUT2D eigenvalue weighted by molar-refractivity contribution is -0.136. The van der Waals surface area contributed by atoms with Gasteiger partial charge in [-0.05, 0) is 56.4 Å². The minimum absolute atomic E-state index is 0.122. The van der Waals surface area contributed by atoms with Crippen LogP contribution in [-0.4, -0.2) is 71.5 Å². The summed E-state index contributed by atoms with van der Waals surface area (Å²) in [4.78, 5) is 40.8. The number of fused-ring (bicyclic) bond motifs is 1. The molecular formula is C25H33N3O5. The molecule has 3 heterocycles. The normalized spacial score (nSPS) is 28.8. The molecule has 1 aromatic rings. The van der Waals surface area contributed by atoms with Gasteiger partial charge in [-0.25, -0.2) is 0 Å². The van der Waals surface area contributed by atoms with Gasteiger partial charge in [0.2, 0.25) is 11.8 Å². The number of hydrogen-bond donors (Lipinski definition) is 1. The molecule has 3 fully saturated rings. The Bertz CT molecular complexity index is 929. The van der Waals surface area contributed by atoms with Gasteiger partial charge in [0.05, 0.1) is 6.10 Å². The van der Waals surface area contributed by atoms with E-state index < -0.39 is 6.04 Å². The summed E-state index contributed by atoms with van der Waals surface area (Å²) in [6.45, 7) is 5.11. The lowest BCUT2D eigenvalue weighted by Gasteiger charge is -2.46. The van der Waals surface area contributed by atoms with E-state index in [1.54, 1.807) is 4.90 Å². The van der Waals surface area contributed by atoms with Crippen LogP contribution in [-0.2, 0) is 20.9 Å². The Labute approximate surface area is 194 Å². The summed E-state index contributed by atoms with van der Waals surface area (Å²) in [6, 6.07) is 5.45. The second-order valence-electron chi connectivity index (χ2n) is 9.61. The number of imide groups is 1. The van der Waals surface area contributed by atoms with Crippen molar-refractivity contribution in [2.45, 2.75) is 82.7 Å². The molecule has 8 heteroatoms. The minimum Gasteiger partial charge on any atom is -0.489 e. The lowest BCUT2D eigenvalue weighted by atomic mass is 9.98. The molecule has 0 radical (unpaired) electrons. The van der Waals surface area contributed by atoms with Crippen LogP contribution >= 0.6 is 0 Å². The molecular weight excluding hydrogens is 422 g/mol. The number of hydrogen-bond acceptors (Lipinski definition) is 6. The fourth-order valence-electron chi connectivity index (χ4n) is 5.69. The van der Waals surface area contributed by atoms with Gasteiger partial charge in [0.25, 0.3) is 5.91 Å². The van der Waals surface area contributed by atoms with Crippen LogP contribution in [0.2, 0.25) is 0 Å². The maximum absolute atomic E-state index is 12.9. The van der Waals surface area contributed by atoms with E-state index in [1.807, 2.05) is 25.1 Å². The van der Waals surface area contributed by atoms with Crippen molar-refractivity contribution >= 4 is 17.7 Å². The molecule has 3 aliphatic heterocycles. The van der Waals surface area contributed by atoms with E-state index in [4.69, 9.17) is 9.47 Å². The van der Waals surface area contributed by atoms with E-state index in [0.29, 0.717) is 30.7 Å². The van der Waals surface area contributed by atoms with E-state index in [9.17, 15) is 14.4 Å². The predicted octanol–water partition coefficient (Wildman–Crippen LogP) is 2.25. The van der Waals surface area contributed by atoms with E-state index in [-0.39, 0.29) is 30.2 Å². The van der Waals surface area contributed by atoms with Gasteiger partial charge < -0.3 is 14.4 Å². The number of carbonyl (C=O) groups is 3. The molecule has 5 rings (SSSR count). The maximum Gasteiger partial charge on any atom is 0.255 e. The number of benzene rings is 1. The average Bonchev–Trinajstić information content (AvgIpc) is 2.92. The van der Waals surface area contributed by atoms with Crippen molar-refractivity contribution in [3.05, 3.63) is 29.3 Å². The molecule has 0 spiro atoms. The fraction of sp³-hybridized carbons (Fsp3) is 0.640. The third kappa shape index (κ3) is 4.51. The Kier molecular flexibility index (Phi) is 6.38. The predicted molar refractivity (Wildman–Crippen MR) is 121 cm³/mol. The molecule has 1 saturated carbocycles. The van der Waals surface area contributed by atoms with Gasteiger partial charge in [0, 0.05) is 44.3 Å². The summed E-state index contributed by atoms with van der Waals surface area (Å²) in [6.07, 6.45) is 6.87. The number of ether oxygens (including phenoxy) is 2. The SMILES string of the molecule is CCOC1CN([C@@H]2CCCCC[C@H]2Oc2ccc3c(c2)CN(C2CCC(=O)NC2=O)C3=O)C1. The summed E-state index contributed by atoms with van der Waals surface area (Å²) < 4.78 is 12.3. The highest BCUT2D eigenvalue weighted by Gasteiger charge is 2.40. The number of likely N-dealkylation sites (tertiary alicyclic amines) is 1. The molecule has 0 bridgehead atoms. The van der Waals surface area contributed by atoms with Crippen LogP contribution in [0, 0.1) is 0 Å². The van der Waals surface area contributed by atoms with Crippen LogP contribution in [0.5, 0.6) is 5.75 Å². The van der Waals surface area contributed by atoms with E-state index in [1.165, 1.54) is 12.8 Å². The van der Waals surface area contributed by atoms with Crippen LogP contribution in [0.15, 0.2) is 18.2 Å². The van der Waals surface area contributed by atoms with Gasteiger partial charge in [-0.2, -0.15) is 0 Å². The van der Waals surface area contributed by atoms with Crippen molar-refractivity contribution in [3.8, 4) is 5.75 Å². The standard InChI is InChI=1S/C25H33N3O5/c1-2-32-18-14-27(15-18)20-6-4-3-5-7-22(20)33-17-8-9-19-16(12-17)13-28(25(19)31)21-10-11-23(29)26-24(21)30/h8-9,12,18,20-22H,2-7,10-11,13-15H2,1H3,(H,26,29,30)/t20-,21?,22-/m1/s1. The largest absolute Gasteiger partial charge is 0.489 e. The third-order valence-electron chi connectivity index (χ3n) is 7.45. The molecule has 4 aliphatic rings. The van der Waals surface area contributed by atoms with Gasteiger partial charge in [-0.1, -0.05) is 12.8 Å². The highest BCUT2D eigenvalue weighted by molar-refractivity contribution is 6.05. The summed E-state index contributed by atoms with van der Waals surface area (Å²) >= 11 is 0. The van der Waals surface area contributed by atoms with Gasteiger partial charge in [-0.15, -0.1) is 0 Å². The zero-order chi connectivity index (χ0) is 22.9. The van der Waals surface area contributed by atoms with E-state index in [2.05, 4.69) is 10.2 Å². The molecule has 3 atom stereocenters. The van der Waals surface area contributed by atoms with Gasteiger partial charge in [0.1, 0.15) is 17.9 Å². The number of nitrogens with zero attached hydrogens (tertiary/aromatic N) is 2. The highest BCUT2D eigenvalue weighted by atomic mass is 16.5. The number of amides is 3. The van der Waals surface area contributed by atoms with Crippen LogP contribution in [0.3, 0.4) is 0 Å². The Balaban J connectivity index is 1.27. The number of piperidine rings is 1. The second-order valence-corrected chi connectivity index (χ2v) is 9.61. The maximum atomic E-state index is 12.9. The summed E-state index contributed by atoms with van der Waals surface area (Å²) in [5.74, 6) is -0.0275. The van der Waals surface area contributed by atoms with Crippen molar-refractivity contribution in [1.82, 2.24) is 15.1 Å². The molecule has 1 aromatic carbocycles. The first-order valence-electron chi connectivity index (χ1n) is 12.3. The molecule has 2 saturated heterocycles. The lowest BCUT2D eigenvalue weighted by Crippen LogP contribution is -2.60. The molecule has 8 nitrogen and oxygen atoms in total. The first kappa shape index (κ1) is 22.3. The Morgan fingerprint density at radius 3 is 2.67 bits per heavy atom. The Morgan fingerprint density at radius 1 is 1.06 bits per heavy atom. The number of rotatable bonds is 6. The van der Waals surface area contributed by atoms with Crippen LogP contribution < -0.4 is 10.1 Å². The summed E-state index contributed by atoms with van der Waals surface area (Å²) in [5.41, 5.74) is 1.50. The summed E-state index contributed by atoms with van der Waals surface area (Å²) in [7, 11) is 0. The van der Waals surface area contributed by atoms with Crippen LogP contribution in [0.4, 0.5) is 0 Å².